The molecule has 4 heteroatoms. The van der Waals surface area contributed by atoms with E-state index in [9.17, 15) is 0 Å². The first-order chi connectivity index (χ1) is 11.7. The lowest BCUT2D eigenvalue weighted by molar-refractivity contribution is -1.02. The molecule has 2 aromatic heterocycles. The van der Waals surface area contributed by atoms with Crippen LogP contribution >= 0.6 is 0 Å². The first-order valence-electron chi connectivity index (χ1n) is 8.87. The summed E-state index contributed by atoms with van der Waals surface area (Å²) in [5, 5.41) is 1.36. The molecule has 4 rings (SSSR count). The molecule has 0 saturated carbocycles. The van der Waals surface area contributed by atoms with Crippen molar-refractivity contribution in [2.75, 3.05) is 33.2 Å². The highest BCUT2D eigenvalue weighted by molar-refractivity contribution is 5.85. The van der Waals surface area contributed by atoms with Gasteiger partial charge in [-0.2, -0.15) is 0 Å². The molecular weight excluding hydrogens is 296 g/mol. The molecule has 1 aliphatic rings. The van der Waals surface area contributed by atoms with Crippen molar-refractivity contribution < 1.29 is 9.80 Å². The Hall–Kier alpha value is -2.17. The van der Waals surface area contributed by atoms with Gasteiger partial charge in [-0.05, 0) is 25.1 Å². The molecule has 0 spiro atoms. The zero-order chi connectivity index (χ0) is 16.5. The molecule has 24 heavy (non-hydrogen) atoms. The van der Waals surface area contributed by atoms with E-state index in [1.807, 2.05) is 12.4 Å². The quantitative estimate of drug-likeness (QED) is 0.641. The number of hydrogen-bond acceptors (Lipinski definition) is 1. The number of H-pyrrole nitrogens is 1. The number of piperazine rings is 1. The molecule has 1 atom stereocenters. The maximum Gasteiger partial charge on any atom is 0.142 e. The fourth-order valence-corrected chi connectivity index (χ4v) is 4.12. The summed E-state index contributed by atoms with van der Waals surface area (Å²) in [5.74, 6) is 0. The summed E-state index contributed by atoms with van der Waals surface area (Å²) in [6.45, 7) is 7.09. The summed E-state index contributed by atoms with van der Waals surface area (Å²) in [5.41, 5.74) is 5.35. The molecule has 4 nitrogen and oxygen atoms in total. The van der Waals surface area contributed by atoms with Crippen LogP contribution in [0.4, 0.5) is 0 Å². The number of hydrogen-bond donors (Lipinski definition) is 3. The van der Waals surface area contributed by atoms with Crippen molar-refractivity contribution in [3.05, 3.63) is 65.6 Å². The van der Waals surface area contributed by atoms with Crippen molar-refractivity contribution in [3.8, 4) is 0 Å². The molecular formula is C20H26N4+2. The number of benzene rings is 1. The Balaban J connectivity index is 1.84. The molecule has 1 aromatic carbocycles. The molecule has 3 N–H and O–H groups in total. The van der Waals surface area contributed by atoms with Gasteiger partial charge in [-0.1, -0.05) is 18.2 Å². The van der Waals surface area contributed by atoms with Crippen molar-refractivity contribution >= 4 is 10.9 Å². The number of aryl methyl sites for hydroxylation is 1. The van der Waals surface area contributed by atoms with E-state index in [1.165, 1.54) is 53.9 Å². The zero-order valence-electron chi connectivity index (χ0n) is 14.5. The molecule has 124 valence electrons. The first kappa shape index (κ1) is 15.4. The monoisotopic (exact) mass is 322 g/mol. The van der Waals surface area contributed by atoms with E-state index in [4.69, 9.17) is 0 Å². The van der Waals surface area contributed by atoms with Gasteiger partial charge in [-0.15, -0.1) is 0 Å². The van der Waals surface area contributed by atoms with E-state index in [0.717, 1.165) is 0 Å². The number of likely N-dealkylation sites (N-methyl/N-ethyl adjacent to an activating group) is 1. The summed E-state index contributed by atoms with van der Waals surface area (Å²) < 4.78 is 0. The van der Waals surface area contributed by atoms with Crippen molar-refractivity contribution in [2.45, 2.75) is 13.0 Å². The Morgan fingerprint density at radius 1 is 1.00 bits per heavy atom. The fourth-order valence-electron chi connectivity index (χ4n) is 4.12. The number of aromatic nitrogens is 2. The lowest BCUT2D eigenvalue weighted by Crippen LogP contribution is -3.27. The molecule has 3 aromatic rings. The van der Waals surface area contributed by atoms with Crippen LogP contribution < -0.4 is 9.80 Å². The second-order valence-corrected chi connectivity index (χ2v) is 7.04. The lowest BCUT2D eigenvalue weighted by atomic mass is 9.94. The Morgan fingerprint density at radius 3 is 2.46 bits per heavy atom. The average molecular weight is 322 g/mol. The van der Waals surface area contributed by atoms with E-state index in [-0.39, 0.29) is 0 Å². The number of quaternary nitrogens is 2. The van der Waals surface area contributed by atoms with E-state index in [2.05, 4.69) is 60.3 Å². The van der Waals surface area contributed by atoms with Crippen LogP contribution in [-0.2, 0) is 0 Å². The van der Waals surface area contributed by atoms with Crippen LogP contribution in [0.1, 0.15) is 22.9 Å². The third-order valence-corrected chi connectivity index (χ3v) is 5.43. The van der Waals surface area contributed by atoms with Gasteiger partial charge in [0.05, 0.1) is 7.05 Å². The van der Waals surface area contributed by atoms with E-state index < -0.39 is 0 Å². The van der Waals surface area contributed by atoms with Gasteiger partial charge in [-0.25, -0.2) is 0 Å². The molecule has 3 heterocycles. The van der Waals surface area contributed by atoms with E-state index in [1.54, 1.807) is 9.80 Å². The molecule has 0 unspecified atom stereocenters. The van der Waals surface area contributed by atoms with Gasteiger partial charge in [0.25, 0.3) is 0 Å². The molecule has 1 fully saturated rings. The minimum absolute atomic E-state index is 0.372. The standard InChI is InChI=1S/C20H24N4/c1-15-19(17-5-3-4-6-18(17)22-15)20(16-7-9-21-10-8-16)24-13-11-23(2)12-14-24/h3-10,20,22H,11-14H2,1-2H3/p+2/t20-/m1/s1. The summed E-state index contributed by atoms with van der Waals surface area (Å²) in [7, 11) is 2.30. The number of pyridine rings is 1. The zero-order valence-corrected chi connectivity index (χ0v) is 14.5. The van der Waals surface area contributed by atoms with Crippen molar-refractivity contribution in [3.63, 3.8) is 0 Å². The van der Waals surface area contributed by atoms with E-state index >= 15 is 0 Å². The second kappa shape index (κ2) is 6.38. The largest absolute Gasteiger partial charge is 0.358 e. The molecule has 0 radical (unpaired) electrons. The number of nitrogens with one attached hydrogen (secondary N) is 3. The lowest BCUT2D eigenvalue weighted by Gasteiger charge is -2.34. The normalized spacial score (nSPS) is 22.6. The Labute approximate surface area is 143 Å². The maximum absolute atomic E-state index is 4.23. The minimum Gasteiger partial charge on any atom is -0.358 e. The van der Waals surface area contributed by atoms with Gasteiger partial charge in [0.15, 0.2) is 0 Å². The number of fused-ring (bicyclic) bond motifs is 1. The minimum atomic E-state index is 0.372. The van der Waals surface area contributed by atoms with Crippen molar-refractivity contribution in [1.82, 2.24) is 9.97 Å². The molecule has 1 saturated heterocycles. The highest BCUT2D eigenvalue weighted by atomic mass is 15.3. The Bertz CT molecular complexity index is 816. The van der Waals surface area contributed by atoms with Gasteiger partial charge >= 0.3 is 0 Å². The van der Waals surface area contributed by atoms with Gasteiger partial charge in [0.1, 0.15) is 32.2 Å². The topological polar surface area (TPSA) is 37.6 Å². The second-order valence-electron chi connectivity index (χ2n) is 7.04. The number of para-hydroxylation sites is 1. The van der Waals surface area contributed by atoms with Crippen LogP contribution in [0.3, 0.4) is 0 Å². The SMILES string of the molecule is Cc1[nH]c2ccccc2c1[C@@H](c1ccncc1)[NH+]1CC[NH+](C)CC1. The highest BCUT2D eigenvalue weighted by Crippen LogP contribution is 2.30. The van der Waals surface area contributed by atoms with Gasteiger partial charge < -0.3 is 14.8 Å². The average Bonchev–Trinajstić information content (AvgIpc) is 2.94. The molecule has 0 aliphatic carbocycles. The fraction of sp³-hybridized carbons (Fsp3) is 0.350. The summed E-state index contributed by atoms with van der Waals surface area (Å²) in [6, 6.07) is 13.4. The van der Waals surface area contributed by atoms with Crippen molar-refractivity contribution in [1.29, 1.82) is 0 Å². The van der Waals surface area contributed by atoms with Crippen LogP contribution in [0, 0.1) is 6.92 Å². The summed E-state index contributed by atoms with van der Waals surface area (Å²) in [6.07, 6.45) is 3.85. The number of rotatable bonds is 3. The molecule has 0 amide bonds. The smallest absolute Gasteiger partial charge is 0.142 e. The van der Waals surface area contributed by atoms with Gasteiger partial charge in [-0.3, -0.25) is 4.98 Å². The molecule has 0 bridgehead atoms. The first-order valence-corrected chi connectivity index (χ1v) is 8.87. The number of aromatic amines is 1. The van der Waals surface area contributed by atoms with Crippen LogP contribution in [0.2, 0.25) is 0 Å². The van der Waals surface area contributed by atoms with Crippen molar-refractivity contribution in [2.24, 2.45) is 0 Å². The van der Waals surface area contributed by atoms with Crippen LogP contribution in [0.25, 0.3) is 10.9 Å². The Kier molecular flexibility index (Phi) is 4.08. The van der Waals surface area contributed by atoms with E-state index in [0.29, 0.717) is 6.04 Å². The van der Waals surface area contributed by atoms with Crippen LogP contribution in [0.15, 0.2) is 48.8 Å². The molecule has 1 aliphatic heterocycles. The Morgan fingerprint density at radius 2 is 1.71 bits per heavy atom. The van der Waals surface area contributed by atoms with Gasteiger partial charge in [0, 0.05) is 40.1 Å². The van der Waals surface area contributed by atoms with Crippen LogP contribution in [0.5, 0.6) is 0 Å². The summed E-state index contributed by atoms with van der Waals surface area (Å²) in [4.78, 5) is 11.1. The third-order valence-electron chi connectivity index (χ3n) is 5.43. The van der Waals surface area contributed by atoms with Gasteiger partial charge in [0.2, 0.25) is 0 Å². The predicted octanol–water partition coefficient (Wildman–Crippen LogP) is 0.374. The predicted molar refractivity (Wildman–Crippen MR) is 96.4 cm³/mol. The highest BCUT2D eigenvalue weighted by Gasteiger charge is 2.33. The summed E-state index contributed by atoms with van der Waals surface area (Å²) >= 11 is 0. The van der Waals surface area contributed by atoms with Crippen LogP contribution in [-0.4, -0.2) is 43.2 Å². The maximum atomic E-state index is 4.23. The number of nitrogens with zero attached hydrogens (tertiary/aromatic N) is 1. The third kappa shape index (κ3) is 2.72.